The van der Waals surface area contributed by atoms with Crippen molar-refractivity contribution in [3.05, 3.63) is 12.7 Å². The number of aliphatic hydroxyl groups excluding tert-OH is 1. The van der Waals surface area contributed by atoms with Crippen LogP contribution in [-0.4, -0.2) is 82.5 Å². The highest BCUT2D eigenvalue weighted by atomic mass is 16.6. The molecular formula is C23H38N4O7. The van der Waals surface area contributed by atoms with Crippen molar-refractivity contribution >= 4 is 29.6 Å². The molecule has 1 rings (SSSR count). The van der Waals surface area contributed by atoms with E-state index in [1.807, 2.05) is 0 Å². The average Bonchev–Trinajstić information content (AvgIpc) is 3.12. The molecule has 0 radical (unpaired) electrons. The Bertz CT molecular complexity index is 791. The van der Waals surface area contributed by atoms with Gasteiger partial charge in [-0.1, -0.05) is 19.9 Å². The van der Waals surface area contributed by atoms with Gasteiger partial charge in [-0.2, -0.15) is 0 Å². The fourth-order valence-corrected chi connectivity index (χ4v) is 3.62. The van der Waals surface area contributed by atoms with Gasteiger partial charge in [-0.05, 0) is 46.5 Å². The van der Waals surface area contributed by atoms with E-state index in [2.05, 4.69) is 22.5 Å². The second-order valence-corrected chi connectivity index (χ2v) is 9.44. The van der Waals surface area contributed by atoms with Gasteiger partial charge in [0.1, 0.15) is 17.7 Å². The molecule has 0 aromatic rings. The number of ether oxygens (including phenoxy) is 1. The van der Waals surface area contributed by atoms with E-state index >= 15 is 0 Å². The monoisotopic (exact) mass is 482 g/mol. The van der Waals surface area contributed by atoms with Gasteiger partial charge in [0, 0.05) is 13.1 Å². The number of nitrogens with zero attached hydrogens (tertiary/aromatic N) is 1. The van der Waals surface area contributed by atoms with Crippen LogP contribution < -0.4 is 16.0 Å². The molecule has 1 heterocycles. The highest BCUT2D eigenvalue weighted by Crippen LogP contribution is 2.26. The van der Waals surface area contributed by atoms with E-state index in [0.29, 0.717) is 6.42 Å². The Morgan fingerprint density at radius 3 is 2.32 bits per heavy atom. The number of nitrogens with one attached hydrogen (secondary N) is 3. The minimum absolute atomic E-state index is 0.113. The van der Waals surface area contributed by atoms with E-state index in [4.69, 9.17) is 4.74 Å². The van der Waals surface area contributed by atoms with Gasteiger partial charge in [0.2, 0.25) is 17.6 Å². The summed E-state index contributed by atoms with van der Waals surface area (Å²) in [5.74, 6) is -3.11. The van der Waals surface area contributed by atoms with Gasteiger partial charge in [-0.15, -0.1) is 6.58 Å². The summed E-state index contributed by atoms with van der Waals surface area (Å²) < 4.78 is 5.18. The number of carbonyl (C=O) groups excluding carboxylic acids is 5. The van der Waals surface area contributed by atoms with Crippen molar-refractivity contribution in [1.82, 2.24) is 20.9 Å². The van der Waals surface area contributed by atoms with Crippen LogP contribution in [0.25, 0.3) is 0 Å². The molecule has 0 bridgehead atoms. The molecule has 1 aliphatic rings. The standard InChI is InChI=1S/C23H38N4O7/c1-8-11-24-20(31)18(29)15(9-2)25-19(30)17-13(3)10-12-27(17)21(32)16(14(4)28)26-22(33)34-23(5,6)7/h8,13-17,28H,1,9-12H2,2-7H3,(H,24,31)(H,25,30)(H,26,33)/t13-,14-,15-,16-,17-/m0/s1. The number of amides is 4. The first kappa shape index (κ1) is 29.1. The Morgan fingerprint density at radius 1 is 1.21 bits per heavy atom. The molecule has 0 aliphatic carbocycles. The normalized spacial score (nSPS) is 20.5. The summed E-state index contributed by atoms with van der Waals surface area (Å²) in [5, 5.41) is 17.5. The van der Waals surface area contributed by atoms with Crippen LogP contribution in [0.3, 0.4) is 0 Å². The fourth-order valence-electron chi connectivity index (χ4n) is 3.62. The number of rotatable bonds is 10. The number of aliphatic hydroxyl groups is 1. The third kappa shape index (κ3) is 8.12. The Kier molecular flexibility index (Phi) is 10.7. The lowest BCUT2D eigenvalue weighted by Crippen LogP contribution is -2.59. The largest absolute Gasteiger partial charge is 0.444 e. The van der Waals surface area contributed by atoms with Crippen molar-refractivity contribution in [2.24, 2.45) is 5.92 Å². The molecule has 11 nitrogen and oxygen atoms in total. The average molecular weight is 483 g/mol. The van der Waals surface area contributed by atoms with Crippen LogP contribution in [-0.2, 0) is 23.9 Å². The number of hydrogen-bond donors (Lipinski definition) is 4. The summed E-state index contributed by atoms with van der Waals surface area (Å²) in [6.07, 6.45) is -0.0103. The number of alkyl carbamates (subject to hydrolysis) is 1. The molecule has 34 heavy (non-hydrogen) atoms. The molecule has 5 atom stereocenters. The van der Waals surface area contributed by atoms with Gasteiger partial charge >= 0.3 is 6.09 Å². The molecule has 0 spiro atoms. The molecule has 1 fully saturated rings. The molecule has 0 saturated carbocycles. The Balaban J connectivity index is 3.00. The van der Waals surface area contributed by atoms with Crippen molar-refractivity contribution in [2.45, 2.75) is 84.2 Å². The van der Waals surface area contributed by atoms with Crippen molar-refractivity contribution < 1.29 is 33.8 Å². The van der Waals surface area contributed by atoms with Gasteiger partial charge in [-0.25, -0.2) is 4.79 Å². The minimum atomic E-state index is -1.33. The molecule has 11 heteroatoms. The minimum Gasteiger partial charge on any atom is -0.444 e. The molecule has 0 aromatic heterocycles. The second kappa shape index (κ2) is 12.5. The van der Waals surface area contributed by atoms with Crippen LogP contribution >= 0.6 is 0 Å². The van der Waals surface area contributed by atoms with E-state index in [9.17, 15) is 29.1 Å². The maximum Gasteiger partial charge on any atom is 0.408 e. The lowest BCUT2D eigenvalue weighted by molar-refractivity contribution is -0.144. The number of carbonyl (C=O) groups is 5. The number of likely N-dealkylation sites (tertiary alicyclic amines) is 1. The summed E-state index contributed by atoms with van der Waals surface area (Å²) in [5.41, 5.74) is -0.805. The van der Waals surface area contributed by atoms with Crippen LogP contribution in [0, 0.1) is 5.92 Å². The lowest BCUT2D eigenvalue weighted by atomic mass is 10.00. The smallest absolute Gasteiger partial charge is 0.408 e. The first-order chi connectivity index (χ1) is 15.7. The maximum absolute atomic E-state index is 13.2. The molecular weight excluding hydrogens is 444 g/mol. The van der Waals surface area contributed by atoms with Gasteiger partial charge in [0.15, 0.2) is 0 Å². The van der Waals surface area contributed by atoms with Gasteiger partial charge < -0.3 is 30.7 Å². The third-order valence-corrected chi connectivity index (χ3v) is 5.34. The van der Waals surface area contributed by atoms with E-state index in [-0.39, 0.29) is 25.4 Å². The van der Waals surface area contributed by atoms with Crippen LogP contribution in [0.15, 0.2) is 12.7 Å². The van der Waals surface area contributed by atoms with Crippen LogP contribution in [0.4, 0.5) is 4.79 Å². The van der Waals surface area contributed by atoms with Gasteiger partial charge in [0.25, 0.3) is 5.91 Å². The topological polar surface area (TPSA) is 154 Å². The van der Waals surface area contributed by atoms with Crippen LogP contribution in [0.5, 0.6) is 0 Å². The zero-order chi connectivity index (χ0) is 26.2. The lowest BCUT2D eigenvalue weighted by Gasteiger charge is -2.32. The Hall–Kier alpha value is -2.95. The molecule has 0 aromatic carbocycles. The van der Waals surface area contributed by atoms with Crippen LogP contribution in [0.2, 0.25) is 0 Å². The number of Topliss-reactive ketones (excluding diaryl/α,β-unsaturated/α-hetero) is 1. The predicted octanol–water partition coefficient (Wildman–Crippen LogP) is 0.264. The molecule has 4 N–H and O–H groups in total. The molecule has 4 amide bonds. The summed E-state index contributed by atoms with van der Waals surface area (Å²) in [6, 6.07) is -3.33. The van der Waals surface area contributed by atoms with Crippen molar-refractivity contribution in [3.8, 4) is 0 Å². The molecule has 0 unspecified atom stereocenters. The van der Waals surface area contributed by atoms with Gasteiger partial charge in [0.05, 0.1) is 12.1 Å². The fraction of sp³-hybridized carbons (Fsp3) is 0.696. The van der Waals surface area contributed by atoms with E-state index in [1.54, 1.807) is 34.6 Å². The summed E-state index contributed by atoms with van der Waals surface area (Å²) in [4.78, 5) is 64.2. The quantitative estimate of drug-likeness (QED) is 0.257. The van der Waals surface area contributed by atoms with E-state index in [1.165, 1.54) is 17.9 Å². The zero-order valence-electron chi connectivity index (χ0n) is 20.8. The number of hydrogen-bond acceptors (Lipinski definition) is 7. The van der Waals surface area contributed by atoms with Crippen molar-refractivity contribution in [3.63, 3.8) is 0 Å². The highest BCUT2D eigenvalue weighted by Gasteiger charge is 2.44. The predicted molar refractivity (Wildman–Crippen MR) is 125 cm³/mol. The maximum atomic E-state index is 13.2. The SMILES string of the molecule is C=CCNC(=O)C(=O)[C@H](CC)NC(=O)[C@@H]1[C@@H](C)CCN1C(=O)[C@@H](NC(=O)OC(C)(C)C)[C@H](C)O. The Labute approximate surface area is 200 Å². The second-order valence-electron chi connectivity index (χ2n) is 9.44. The van der Waals surface area contributed by atoms with E-state index < -0.39 is 59.4 Å². The van der Waals surface area contributed by atoms with Crippen molar-refractivity contribution in [1.29, 1.82) is 0 Å². The molecule has 1 saturated heterocycles. The Morgan fingerprint density at radius 2 is 1.82 bits per heavy atom. The highest BCUT2D eigenvalue weighted by molar-refractivity contribution is 6.38. The first-order valence-electron chi connectivity index (χ1n) is 11.4. The third-order valence-electron chi connectivity index (χ3n) is 5.34. The first-order valence-corrected chi connectivity index (χ1v) is 11.4. The molecule has 192 valence electrons. The zero-order valence-corrected chi connectivity index (χ0v) is 20.8. The number of ketones is 1. The summed E-state index contributed by atoms with van der Waals surface area (Å²) in [7, 11) is 0. The summed E-state index contributed by atoms with van der Waals surface area (Å²) >= 11 is 0. The van der Waals surface area contributed by atoms with Gasteiger partial charge in [-0.3, -0.25) is 19.2 Å². The van der Waals surface area contributed by atoms with Crippen molar-refractivity contribution in [2.75, 3.05) is 13.1 Å². The van der Waals surface area contributed by atoms with Crippen LogP contribution in [0.1, 0.15) is 54.4 Å². The summed E-state index contributed by atoms with van der Waals surface area (Å²) in [6.45, 7) is 13.6. The molecule has 1 aliphatic heterocycles. The van der Waals surface area contributed by atoms with E-state index in [0.717, 1.165) is 0 Å².